The van der Waals surface area contributed by atoms with Gasteiger partial charge in [-0.15, -0.1) is 5.10 Å². The van der Waals surface area contributed by atoms with Crippen LogP contribution in [0.25, 0.3) is 11.0 Å². The van der Waals surface area contributed by atoms with Crippen molar-refractivity contribution in [2.75, 3.05) is 0 Å². The molecule has 5 rings (SSSR count). The topological polar surface area (TPSA) is 93.0 Å². The zero-order valence-corrected chi connectivity index (χ0v) is 21.2. The number of amides is 2. The van der Waals surface area contributed by atoms with Gasteiger partial charge in [-0.3, -0.25) is 14.6 Å². The molecule has 0 saturated heterocycles. The summed E-state index contributed by atoms with van der Waals surface area (Å²) in [5.41, 5.74) is 2.98. The van der Waals surface area contributed by atoms with Gasteiger partial charge in [-0.1, -0.05) is 66.4 Å². The molecule has 1 aliphatic rings. The number of fused-ring (bicyclic) bond motifs is 1. The number of aromatic nitrogens is 4. The Morgan fingerprint density at radius 1 is 1.03 bits per heavy atom. The van der Waals surface area contributed by atoms with Crippen molar-refractivity contribution in [1.82, 2.24) is 30.2 Å². The molecule has 0 bridgehead atoms. The molecule has 2 aromatic carbocycles. The Labute approximate surface area is 220 Å². The first kappa shape index (κ1) is 24.9. The number of carbonyl (C=O) groups excluding carboxylic acids is 2. The Hall–Kier alpha value is -3.78. The normalized spacial score (nSPS) is 14.8. The highest BCUT2D eigenvalue weighted by atomic mass is 35.5. The van der Waals surface area contributed by atoms with E-state index in [9.17, 15) is 9.59 Å². The lowest BCUT2D eigenvalue weighted by Crippen LogP contribution is -2.47. The van der Waals surface area contributed by atoms with Gasteiger partial charge in [-0.2, -0.15) is 0 Å². The highest BCUT2D eigenvalue weighted by Crippen LogP contribution is 2.27. The largest absolute Gasteiger partial charge is 0.351 e. The van der Waals surface area contributed by atoms with E-state index in [1.165, 1.54) is 6.42 Å². The molecule has 2 heterocycles. The number of carbonyl (C=O) groups is 2. The maximum atomic E-state index is 13.9. The fourth-order valence-electron chi connectivity index (χ4n) is 4.91. The number of para-hydroxylation sites is 1. The number of hydrogen-bond donors (Lipinski definition) is 1. The first-order valence-electron chi connectivity index (χ1n) is 12.6. The van der Waals surface area contributed by atoms with E-state index >= 15 is 0 Å². The summed E-state index contributed by atoms with van der Waals surface area (Å²) in [6, 6.07) is 17.6. The molecule has 1 N–H and O–H groups in total. The van der Waals surface area contributed by atoms with E-state index in [2.05, 4.69) is 20.6 Å². The lowest BCUT2D eigenvalue weighted by molar-refractivity contribution is -0.142. The van der Waals surface area contributed by atoms with E-state index in [0.29, 0.717) is 16.1 Å². The second kappa shape index (κ2) is 11.5. The highest BCUT2D eigenvalue weighted by molar-refractivity contribution is 6.30. The van der Waals surface area contributed by atoms with Crippen LogP contribution in [0, 0.1) is 0 Å². The number of benzene rings is 2. The van der Waals surface area contributed by atoms with Gasteiger partial charge in [0.05, 0.1) is 5.52 Å². The van der Waals surface area contributed by atoms with E-state index < -0.39 is 6.04 Å². The van der Waals surface area contributed by atoms with Gasteiger partial charge in [-0.25, -0.2) is 4.68 Å². The van der Waals surface area contributed by atoms with E-state index in [4.69, 9.17) is 11.6 Å². The standard InChI is InChI=1S/C28H29ClN6O2/c29-22-14-12-21(13-15-22)27(28(37)31-23-8-2-1-3-9-23)34(18-20-7-6-16-30-17-20)26(36)19-35-25-11-5-4-10-24(25)32-33-35/h4-7,10-17,23,27H,1-3,8-9,18-19H2,(H,31,37)/t27-/m1/s1. The molecule has 37 heavy (non-hydrogen) atoms. The fraction of sp³-hybridized carbons (Fsp3) is 0.321. The van der Waals surface area contributed by atoms with Gasteiger partial charge >= 0.3 is 0 Å². The second-order valence-electron chi connectivity index (χ2n) is 9.42. The zero-order chi connectivity index (χ0) is 25.6. The molecule has 190 valence electrons. The van der Waals surface area contributed by atoms with Crippen LogP contribution in [-0.2, 0) is 22.7 Å². The van der Waals surface area contributed by atoms with E-state index in [1.54, 1.807) is 34.1 Å². The predicted molar refractivity (Wildman–Crippen MR) is 142 cm³/mol. The second-order valence-corrected chi connectivity index (χ2v) is 9.85. The van der Waals surface area contributed by atoms with Crippen molar-refractivity contribution >= 4 is 34.4 Å². The Kier molecular flexibility index (Phi) is 7.75. The van der Waals surface area contributed by atoms with Crippen LogP contribution >= 0.6 is 11.6 Å². The van der Waals surface area contributed by atoms with Crippen LogP contribution in [0.1, 0.15) is 49.3 Å². The average Bonchev–Trinajstić information content (AvgIpc) is 3.33. The number of hydrogen-bond acceptors (Lipinski definition) is 5. The zero-order valence-electron chi connectivity index (χ0n) is 20.5. The third kappa shape index (κ3) is 5.97. The molecule has 4 aromatic rings. The van der Waals surface area contributed by atoms with Crippen molar-refractivity contribution in [2.45, 2.75) is 57.3 Å². The molecule has 1 atom stereocenters. The van der Waals surface area contributed by atoms with Crippen molar-refractivity contribution < 1.29 is 9.59 Å². The molecule has 0 spiro atoms. The number of rotatable bonds is 8. The van der Waals surface area contributed by atoms with Gasteiger partial charge in [0.15, 0.2) is 0 Å². The lowest BCUT2D eigenvalue weighted by Gasteiger charge is -2.33. The molecule has 9 heteroatoms. The number of halogens is 1. The van der Waals surface area contributed by atoms with Crippen molar-refractivity contribution in [3.8, 4) is 0 Å². The Morgan fingerprint density at radius 2 is 1.81 bits per heavy atom. The third-order valence-electron chi connectivity index (χ3n) is 6.80. The van der Waals surface area contributed by atoms with Crippen molar-refractivity contribution in [2.24, 2.45) is 0 Å². The Bertz CT molecular complexity index is 1350. The summed E-state index contributed by atoms with van der Waals surface area (Å²) in [5, 5.41) is 12.2. The molecular formula is C28H29ClN6O2. The summed E-state index contributed by atoms with van der Waals surface area (Å²) in [5.74, 6) is -0.451. The average molecular weight is 517 g/mol. The van der Waals surface area contributed by atoms with Gasteiger partial charge < -0.3 is 10.2 Å². The first-order valence-corrected chi connectivity index (χ1v) is 13.0. The summed E-state index contributed by atoms with van der Waals surface area (Å²) < 4.78 is 1.58. The fourth-order valence-corrected chi connectivity index (χ4v) is 5.04. The van der Waals surface area contributed by atoms with E-state index in [-0.39, 0.29) is 30.9 Å². The maximum Gasteiger partial charge on any atom is 0.247 e. The van der Waals surface area contributed by atoms with Crippen LogP contribution < -0.4 is 5.32 Å². The number of nitrogens with zero attached hydrogens (tertiary/aromatic N) is 5. The summed E-state index contributed by atoms with van der Waals surface area (Å²) in [7, 11) is 0. The molecule has 8 nitrogen and oxygen atoms in total. The van der Waals surface area contributed by atoms with Gasteiger partial charge in [0.25, 0.3) is 0 Å². The molecule has 0 radical (unpaired) electrons. The van der Waals surface area contributed by atoms with E-state index in [0.717, 1.165) is 36.8 Å². The molecule has 0 unspecified atom stereocenters. The maximum absolute atomic E-state index is 13.9. The smallest absolute Gasteiger partial charge is 0.247 e. The molecule has 0 aliphatic heterocycles. The number of nitrogens with one attached hydrogen (secondary N) is 1. The Morgan fingerprint density at radius 3 is 2.57 bits per heavy atom. The quantitative estimate of drug-likeness (QED) is 0.366. The van der Waals surface area contributed by atoms with Crippen LogP contribution in [0.2, 0.25) is 5.02 Å². The highest BCUT2D eigenvalue weighted by Gasteiger charge is 2.33. The van der Waals surface area contributed by atoms with Gasteiger partial charge in [0, 0.05) is 30.0 Å². The minimum absolute atomic E-state index is 0.0540. The molecule has 1 fully saturated rings. The SMILES string of the molecule is O=C(NC1CCCCC1)[C@@H](c1ccc(Cl)cc1)N(Cc1cccnc1)C(=O)Cn1nnc2ccccc21. The van der Waals surface area contributed by atoms with Crippen LogP contribution in [-0.4, -0.2) is 42.7 Å². The van der Waals surface area contributed by atoms with Gasteiger partial charge in [-0.05, 0) is 54.3 Å². The molecule has 1 saturated carbocycles. The number of pyridine rings is 1. The molecule has 2 amide bonds. The lowest BCUT2D eigenvalue weighted by atomic mass is 9.94. The Balaban J connectivity index is 1.50. The molecule has 1 aliphatic carbocycles. The minimum atomic E-state index is -0.846. The first-order chi connectivity index (χ1) is 18.1. The van der Waals surface area contributed by atoms with Crippen LogP contribution in [0.15, 0.2) is 73.1 Å². The van der Waals surface area contributed by atoms with Crippen LogP contribution in [0.4, 0.5) is 0 Å². The summed E-state index contributed by atoms with van der Waals surface area (Å²) in [6.45, 7) is 0.159. The minimum Gasteiger partial charge on any atom is -0.351 e. The van der Waals surface area contributed by atoms with Crippen molar-refractivity contribution in [3.05, 3.63) is 89.2 Å². The molecule has 2 aromatic heterocycles. The third-order valence-corrected chi connectivity index (χ3v) is 7.05. The summed E-state index contributed by atoms with van der Waals surface area (Å²) in [6.07, 6.45) is 8.65. The van der Waals surface area contributed by atoms with Gasteiger partial charge in [0.1, 0.15) is 18.1 Å². The van der Waals surface area contributed by atoms with Crippen LogP contribution in [0.3, 0.4) is 0 Å². The summed E-state index contributed by atoms with van der Waals surface area (Å²) in [4.78, 5) is 33.6. The van der Waals surface area contributed by atoms with Crippen molar-refractivity contribution in [3.63, 3.8) is 0 Å². The summed E-state index contributed by atoms with van der Waals surface area (Å²) >= 11 is 6.17. The predicted octanol–water partition coefficient (Wildman–Crippen LogP) is 4.70. The van der Waals surface area contributed by atoms with Gasteiger partial charge in [0.2, 0.25) is 11.8 Å². The molecular weight excluding hydrogens is 488 g/mol. The van der Waals surface area contributed by atoms with E-state index in [1.807, 2.05) is 48.5 Å². The van der Waals surface area contributed by atoms with Crippen LogP contribution in [0.5, 0.6) is 0 Å². The monoisotopic (exact) mass is 516 g/mol. The van der Waals surface area contributed by atoms with Crippen molar-refractivity contribution in [1.29, 1.82) is 0 Å².